The monoisotopic (exact) mass is 577 g/mol. The van der Waals surface area contributed by atoms with Crippen LogP contribution in [0.2, 0.25) is 13.3 Å². The summed E-state index contributed by atoms with van der Waals surface area (Å²) >= 11 is -0.296. The van der Waals surface area contributed by atoms with Gasteiger partial charge in [-0.1, -0.05) is 0 Å². The Bertz CT molecular complexity index is 844. The number of hydrogen-bond donors (Lipinski definition) is 0. The topological polar surface area (TPSA) is 29.5 Å². The molecule has 3 nitrogen and oxygen atoms in total. The molecule has 0 N–H and O–H groups in total. The predicted octanol–water partition coefficient (Wildman–Crippen LogP) is 8.06. The number of hydrogen-bond acceptors (Lipinski definition) is 3. The molecule has 0 saturated carbocycles. The average Bonchev–Trinajstić information content (AvgIpc) is 3.29. The van der Waals surface area contributed by atoms with Crippen LogP contribution in [-0.4, -0.2) is 35.9 Å². The second-order valence-electron chi connectivity index (χ2n) is 9.74. The zero-order chi connectivity index (χ0) is 23.7. The standard InChI is InChI=1S/C16H16NO2S.3C4H9.Sn/c1-12-14-8-10-20-15(14)7-9-17(12)16(18)19-11-13-5-3-2-4-6-13;3*1-3-4-2;/h2-6,8,12H,7,9,11H2,1H3;3*1,3-4H2,2H3;. The first-order valence-electron chi connectivity index (χ1n) is 13.1. The molecule has 0 saturated heterocycles. The molecule has 33 heavy (non-hydrogen) atoms. The van der Waals surface area contributed by atoms with Crippen LogP contribution in [-0.2, 0) is 17.8 Å². The number of ether oxygens (including phenoxy) is 1. The minimum atomic E-state index is -2.43. The third-order valence-electron chi connectivity index (χ3n) is 7.33. The van der Waals surface area contributed by atoms with Gasteiger partial charge < -0.3 is 0 Å². The molecule has 1 aromatic heterocycles. The Morgan fingerprint density at radius 3 is 2.21 bits per heavy atom. The van der Waals surface area contributed by atoms with Crippen LogP contribution in [0.5, 0.6) is 0 Å². The molecule has 0 spiro atoms. The van der Waals surface area contributed by atoms with Crippen LogP contribution in [0.4, 0.5) is 4.79 Å². The quantitative estimate of drug-likeness (QED) is 0.239. The summed E-state index contributed by atoms with van der Waals surface area (Å²) in [4.78, 5) is 16.4. The molecule has 1 aromatic carbocycles. The normalized spacial score (nSPS) is 16.0. The van der Waals surface area contributed by atoms with Crippen LogP contribution in [0, 0.1) is 0 Å². The van der Waals surface area contributed by atoms with Crippen molar-refractivity contribution in [1.82, 2.24) is 4.90 Å². The van der Waals surface area contributed by atoms with Crippen molar-refractivity contribution in [3.63, 3.8) is 0 Å². The molecule has 2 heterocycles. The maximum absolute atomic E-state index is 12.9. The van der Waals surface area contributed by atoms with Gasteiger partial charge in [0.05, 0.1) is 0 Å². The van der Waals surface area contributed by atoms with Crippen LogP contribution < -0.4 is 2.89 Å². The number of carbonyl (C=O) groups is 1. The second kappa shape index (κ2) is 13.2. The summed E-state index contributed by atoms with van der Waals surface area (Å²) in [5, 5.41) is 0. The van der Waals surface area contributed by atoms with E-state index in [0.29, 0.717) is 6.61 Å². The summed E-state index contributed by atoms with van der Waals surface area (Å²) in [6.07, 6.45) is 8.88. The molecule has 1 amide bonds. The van der Waals surface area contributed by atoms with Crippen LogP contribution in [0.1, 0.15) is 88.3 Å². The van der Waals surface area contributed by atoms with Gasteiger partial charge in [-0.2, -0.15) is 0 Å². The van der Waals surface area contributed by atoms with Crippen molar-refractivity contribution in [3.05, 3.63) is 52.4 Å². The minimum absolute atomic E-state index is 0.106. The Hall–Kier alpha value is -1.01. The molecule has 182 valence electrons. The molecular weight excluding hydrogens is 533 g/mol. The van der Waals surface area contributed by atoms with E-state index >= 15 is 0 Å². The van der Waals surface area contributed by atoms with Gasteiger partial charge in [0, 0.05) is 0 Å². The van der Waals surface area contributed by atoms with Crippen molar-refractivity contribution in [1.29, 1.82) is 0 Å². The van der Waals surface area contributed by atoms with Crippen molar-refractivity contribution in [2.75, 3.05) is 6.54 Å². The van der Waals surface area contributed by atoms with Gasteiger partial charge in [0.2, 0.25) is 0 Å². The Morgan fingerprint density at radius 2 is 1.64 bits per heavy atom. The van der Waals surface area contributed by atoms with Gasteiger partial charge in [0.1, 0.15) is 0 Å². The Balaban J connectivity index is 1.79. The SMILES string of the molecule is CCC[CH2][Sn]([CH2]CCC)([CH2]CCC)[c]1cc2c(s1)CCN(C(=O)OCc1ccccc1)C2C. The van der Waals surface area contributed by atoms with Crippen molar-refractivity contribution < 1.29 is 9.53 Å². The summed E-state index contributed by atoms with van der Waals surface area (Å²) in [7, 11) is 0. The van der Waals surface area contributed by atoms with E-state index in [0.717, 1.165) is 18.5 Å². The van der Waals surface area contributed by atoms with Gasteiger partial charge in [-0.05, 0) is 0 Å². The van der Waals surface area contributed by atoms with E-state index in [2.05, 4.69) is 45.1 Å². The number of amides is 1. The number of rotatable bonds is 12. The van der Waals surface area contributed by atoms with E-state index < -0.39 is 18.4 Å². The summed E-state index contributed by atoms with van der Waals surface area (Å²) < 4.78 is 12.0. The van der Waals surface area contributed by atoms with Crippen LogP contribution in [0.3, 0.4) is 0 Å². The molecule has 1 aliphatic heterocycles. The zero-order valence-electron chi connectivity index (χ0n) is 21.2. The number of nitrogens with zero attached hydrogens (tertiary/aromatic N) is 1. The van der Waals surface area contributed by atoms with E-state index in [1.165, 1.54) is 62.3 Å². The average molecular weight is 576 g/mol. The number of fused-ring (bicyclic) bond motifs is 1. The predicted molar refractivity (Wildman–Crippen MR) is 144 cm³/mol. The van der Waals surface area contributed by atoms with Gasteiger partial charge in [0.25, 0.3) is 0 Å². The van der Waals surface area contributed by atoms with E-state index in [-0.39, 0.29) is 12.1 Å². The van der Waals surface area contributed by atoms with Gasteiger partial charge in [0.15, 0.2) is 0 Å². The Morgan fingerprint density at radius 1 is 1.03 bits per heavy atom. The fraction of sp³-hybridized carbons (Fsp3) is 0.607. The fourth-order valence-electron chi connectivity index (χ4n) is 5.18. The molecule has 0 radical (unpaired) electrons. The van der Waals surface area contributed by atoms with Crippen LogP contribution >= 0.6 is 11.3 Å². The van der Waals surface area contributed by atoms with Crippen LogP contribution in [0.15, 0.2) is 36.4 Å². The first-order chi connectivity index (χ1) is 16.0. The first-order valence-corrected chi connectivity index (χ1v) is 21.4. The van der Waals surface area contributed by atoms with Gasteiger partial charge in [-0.15, -0.1) is 0 Å². The maximum atomic E-state index is 12.9. The van der Waals surface area contributed by atoms with E-state index in [9.17, 15) is 4.79 Å². The molecule has 1 unspecified atom stereocenters. The van der Waals surface area contributed by atoms with Crippen LogP contribution in [0.25, 0.3) is 0 Å². The second-order valence-corrected chi connectivity index (χ2v) is 25.0. The van der Waals surface area contributed by atoms with E-state index in [1.807, 2.05) is 35.2 Å². The van der Waals surface area contributed by atoms with E-state index in [1.54, 1.807) is 2.89 Å². The van der Waals surface area contributed by atoms with Gasteiger partial charge in [-0.25, -0.2) is 0 Å². The summed E-state index contributed by atoms with van der Waals surface area (Å²) in [5.74, 6) is 0. The third kappa shape index (κ3) is 6.78. The molecule has 0 bridgehead atoms. The van der Waals surface area contributed by atoms with E-state index in [4.69, 9.17) is 4.74 Å². The van der Waals surface area contributed by atoms with Crippen molar-refractivity contribution in [2.24, 2.45) is 0 Å². The first kappa shape index (κ1) is 26.6. The molecule has 0 aliphatic carbocycles. The molecule has 5 heteroatoms. The zero-order valence-corrected chi connectivity index (χ0v) is 24.9. The summed E-state index contributed by atoms with van der Waals surface area (Å²) in [6.45, 7) is 10.3. The molecular formula is C28H43NO2SSn. The summed E-state index contributed by atoms with van der Waals surface area (Å²) in [6, 6.07) is 12.6. The molecule has 1 atom stereocenters. The van der Waals surface area contributed by atoms with Crippen molar-refractivity contribution in [2.45, 2.75) is 98.6 Å². The van der Waals surface area contributed by atoms with Crippen molar-refractivity contribution >= 4 is 38.7 Å². The summed E-state index contributed by atoms with van der Waals surface area (Å²) in [5.41, 5.74) is 2.44. The Labute approximate surface area is 209 Å². The third-order valence-corrected chi connectivity index (χ3v) is 26.7. The number of thiophene rings is 1. The molecule has 0 fully saturated rings. The molecule has 2 aromatic rings. The Kier molecular flexibility index (Phi) is 10.6. The van der Waals surface area contributed by atoms with Crippen molar-refractivity contribution in [3.8, 4) is 0 Å². The number of carbonyl (C=O) groups excluding carboxylic acids is 1. The fourth-order valence-corrected chi connectivity index (χ4v) is 25.7. The van der Waals surface area contributed by atoms with Gasteiger partial charge in [-0.3, -0.25) is 0 Å². The van der Waals surface area contributed by atoms with Gasteiger partial charge >= 0.3 is 211 Å². The number of benzene rings is 1. The molecule has 3 rings (SSSR count). The molecule has 1 aliphatic rings. The number of unbranched alkanes of at least 4 members (excludes halogenated alkanes) is 3.